The topological polar surface area (TPSA) is 50.4 Å². The minimum absolute atomic E-state index is 0.148. The molecule has 1 aromatic rings. The van der Waals surface area contributed by atoms with Crippen LogP contribution in [0.2, 0.25) is 0 Å². The second-order valence-electron chi connectivity index (χ2n) is 8.10. The van der Waals surface area contributed by atoms with Gasteiger partial charge in [-0.25, -0.2) is 4.79 Å². The van der Waals surface area contributed by atoms with Gasteiger partial charge in [-0.1, -0.05) is 39.0 Å². The number of alkyl carbamates (subject to hydrolysis) is 1. The van der Waals surface area contributed by atoms with Crippen molar-refractivity contribution in [2.75, 3.05) is 26.2 Å². The third-order valence-electron chi connectivity index (χ3n) is 4.57. The smallest absolute Gasteiger partial charge is 0.416 e. The van der Waals surface area contributed by atoms with Crippen LogP contribution in [-0.4, -0.2) is 32.3 Å². The van der Waals surface area contributed by atoms with E-state index in [0.29, 0.717) is 31.5 Å². The summed E-state index contributed by atoms with van der Waals surface area (Å²) >= 11 is 0. The van der Waals surface area contributed by atoms with Gasteiger partial charge in [-0.3, -0.25) is 0 Å². The maximum atomic E-state index is 13.1. The molecule has 1 aliphatic rings. The molecular weight excluding hydrogens is 345 g/mol. The molecule has 2 rings (SSSR count). The summed E-state index contributed by atoms with van der Waals surface area (Å²) < 4.78 is 44.5. The Labute approximate surface area is 152 Å². The largest absolute Gasteiger partial charge is 0.449 e. The molecule has 1 saturated heterocycles. The van der Waals surface area contributed by atoms with Gasteiger partial charge in [0.2, 0.25) is 0 Å². The molecule has 1 aliphatic heterocycles. The Hall–Kier alpha value is -1.76. The standard InChI is InChI=1S/C19H27F3N2O2/c1-17(2,3)13-26-16(25)24-12-18(7-9-23-10-8-18)14-5-4-6-15(11-14)19(20,21)22/h4-6,11,23H,7-10,12-13H2,1-3H3,(H,24,25). The summed E-state index contributed by atoms with van der Waals surface area (Å²) in [6.07, 6.45) is -3.63. The van der Waals surface area contributed by atoms with Crippen molar-refractivity contribution in [2.45, 2.75) is 45.2 Å². The van der Waals surface area contributed by atoms with E-state index in [1.54, 1.807) is 6.07 Å². The van der Waals surface area contributed by atoms with Crippen LogP contribution in [0.5, 0.6) is 0 Å². The summed E-state index contributed by atoms with van der Waals surface area (Å²) in [6.45, 7) is 7.77. The minimum atomic E-state index is -4.39. The Kier molecular flexibility index (Phi) is 6.21. The Morgan fingerprint density at radius 2 is 1.88 bits per heavy atom. The van der Waals surface area contributed by atoms with Gasteiger partial charge in [0.05, 0.1) is 12.2 Å². The van der Waals surface area contributed by atoms with Crippen molar-refractivity contribution >= 4 is 6.09 Å². The van der Waals surface area contributed by atoms with Crippen molar-refractivity contribution in [1.29, 1.82) is 0 Å². The summed E-state index contributed by atoms with van der Waals surface area (Å²) in [6, 6.07) is 5.42. The van der Waals surface area contributed by atoms with Crippen LogP contribution in [0.3, 0.4) is 0 Å². The van der Waals surface area contributed by atoms with E-state index >= 15 is 0 Å². The van der Waals surface area contributed by atoms with Gasteiger partial charge in [0.15, 0.2) is 0 Å². The van der Waals surface area contributed by atoms with Crippen molar-refractivity contribution in [3.63, 3.8) is 0 Å². The zero-order chi connectivity index (χ0) is 19.4. The maximum Gasteiger partial charge on any atom is 0.416 e. The molecule has 1 amide bonds. The number of hydrogen-bond donors (Lipinski definition) is 2. The maximum absolute atomic E-state index is 13.1. The Morgan fingerprint density at radius 1 is 1.23 bits per heavy atom. The van der Waals surface area contributed by atoms with Crippen molar-refractivity contribution in [2.24, 2.45) is 5.41 Å². The number of nitrogens with one attached hydrogen (secondary N) is 2. The first kappa shape index (κ1) is 20.6. The minimum Gasteiger partial charge on any atom is -0.449 e. The summed E-state index contributed by atoms with van der Waals surface area (Å²) in [5, 5.41) is 5.97. The SMILES string of the molecule is CC(C)(C)COC(=O)NCC1(c2cccc(C(F)(F)F)c2)CCNCC1. The number of piperidine rings is 1. The van der Waals surface area contributed by atoms with E-state index in [-0.39, 0.29) is 18.6 Å². The van der Waals surface area contributed by atoms with E-state index < -0.39 is 23.2 Å². The molecule has 0 bridgehead atoms. The number of alkyl halides is 3. The number of halogens is 3. The molecule has 4 nitrogen and oxygen atoms in total. The highest BCUT2D eigenvalue weighted by atomic mass is 19.4. The van der Waals surface area contributed by atoms with Gasteiger partial charge in [-0.2, -0.15) is 13.2 Å². The lowest BCUT2D eigenvalue weighted by Crippen LogP contribution is -2.48. The first-order valence-corrected chi connectivity index (χ1v) is 8.81. The monoisotopic (exact) mass is 372 g/mol. The number of ether oxygens (including phenoxy) is 1. The number of benzene rings is 1. The zero-order valence-corrected chi connectivity index (χ0v) is 15.5. The third kappa shape index (κ3) is 5.62. The summed E-state index contributed by atoms with van der Waals surface area (Å²) in [7, 11) is 0. The molecular formula is C19H27F3N2O2. The Balaban J connectivity index is 2.15. The van der Waals surface area contributed by atoms with Crippen LogP contribution in [0.4, 0.5) is 18.0 Å². The van der Waals surface area contributed by atoms with Crippen LogP contribution in [-0.2, 0) is 16.3 Å². The highest BCUT2D eigenvalue weighted by Gasteiger charge is 2.37. The number of hydrogen-bond acceptors (Lipinski definition) is 3. The second kappa shape index (κ2) is 7.86. The number of carbonyl (C=O) groups excluding carboxylic acids is 1. The van der Waals surface area contributed by atoms with E-state index in [1.165, 1.54) is 12.1 Å². The third-order valence-corrected chi connectivity index (χ3v) is 4.57. The van der Waals surface area contributed by atoms with Crippen LogP contribution in [0, 0.1) is 5.41 Å². The molecule has 2 N–H and O–H groups in total. The van der Waals surface area contributed by atoms with Gasteiger partial charge < -0.3 is 15.4 Å². The lowest BCUT2D eigenvalue weighted by atomic mass is 9.72. The first-order chi connectivity index (χ1) is 12.0. The van der Waals surface area contributed by atoms with Gasteiger partial charge in [0.1, 0.15) is 0 Å². The second-order valence-corrected chi connectivity index (χ2v) is 8.10. The number of rotatable bonds is 4. The van der Waals surface area contributed by atoms with Gasteiger partial charge in [0, 0.05) is 12.0 Å². The lowest BCUT2D eigenvalue weighted by Gasteiger charge is -2.38. The highest BCUT2D eigenvalue weighted by molar-refractivity contribution is 5.67. The molecule has 0 unspecified atom stereocenters. The molecule has 0 radical (unpaired) electrons. The van der Waals surface area contributed by atoms with E-state index in [2.05, 4.69) is 10.6 Å². The van der Waals surface area contributed by atoms with E-state index in [4.69, 9.17) is 4.74 Å². The average Bonchev–Trinajstić information content (AvgIpc) is 2.58. The molecule has 1 fully saturated rings. The zero-order valence-electron chi connectivity index (χ0n) is 15.5. The average molecular weight is 372 g/mol. The molecule has 0 atom stereocenters. The molecule has 0 aromatic heterocycles. The van der Waals surface area contributed by atoms with Crippen LogP contribution >= 0.6 is 0 Å². The van der Waals surface area contributed by atoms with E-state index in [0.717, 1.165) is 6.07 Å². The molecule has 0 saturated carbocycles. The summed E-state index contributed by atoms with van der Waals surface area (Å²) in [4.78, 5) is 12.0. The molecule has 26 heavy (non-hydrogen) atoms. The summed E-state index contributed by atoms with van der Waals surface area (Å²) in [5.41, 5.74) is -0.744. The summed E-state index contributed by atoms with van der Waals surface area (Å²) in [5.74, 6) is 0. The van der Waals surface area contributed by atoms with Gasteiger partial charge in [-0.05, 0) is 43.0 Å². The molecule has 1 heterocycles. The number of amides is 1. The predicted molar refractivity (Wildman–Crippen MR) is 94.0 cm³/mol. The quantitative estimate of drug-likeness (QED) is 0.837. The van der Waals surface area contributed by atoms with Crippen LogP contribution in [0.25, 0.3) is 0 Å². The van der Waals surface area contributed by atoms with Crippen molar-refractivity contribution in [3.05, 3.63) is 35.4 Å². The molecule has 7 heteroatoms. The van der Waals surface area contributed by atoms with Crippen LogP contribution in [0.1, 0.15) is 44.7 Å². The normalized spacial score (nSPS) is 17.6. The highest BCUT2D eigenvalue weighted by Crippen LogP contribution is 2.37. The molecule has 1 aromatic carbocycles. The lowest BCUT2D eigenvalue weighted by molar-refractivity contribution is -0.137. The van der Waals surface area contributed by atoms with Crippen molar-refractivity contribution < 1.29 is 22.7 Å². The fraction of sp³-hybridized carbons (Fsp3) is 0.632. The Bertz CT molecular complexity index is 618. The van der Waals surface area contributed by atoms with Gasteiger partial charge in [0.25, 0.3) is 0 Å². The number of carbonyl (C=O) groups is 1. The van der Waals surface area contributed by atoms with Gasteiger partial charge >= 0.3 is 12.3 Å². The van der Waals surface area contributed by atoms with Crippen molar-refractivity contribution in [3.8, 4) is 0 Å². The molecule has 0 aliphatic carbocycles. The van der Waals surface area contributed by atoms with E-state index in [1.807, 2.05) is 20.8 Å². The predicted octanol–water partition coefficient (Wildman–Crippen LogP) is 4.10. The fourth-order valence-electron chi connectivity index (χ4n) is 3.07. The molecule has 0 spiro atoms. The van der Waals surface area contributed by atoms with Gasteiger partial charge in [-0.15, -0.1) is 0 Å². The van der Waals surface area contributed by atoms with Crippen molar-refractivity contribution in [1.82, 2.24) is 10.6 Å². The first-order valence-electron chi connectivity index (χ1n) is 8.81. The molecule has 146 valence electrons. The van der Waals surface area contributed by atoms with E-state index in [9.17, 15) is 18.0 Å². The van der Waals surface area contributed by atoms with Crippen LogP contribution in [0.15, 0.2) is 24.3 Å². The Morgan fingerprint density at radius 3 is 2.46 bits per heavy atom. The van der Waals surface area contributed by atoms with Crippen LogP contribution < -0.4 is 10.6 Å². The fourth-order valence-corrected chi connectivity index (χ4v) is 3.07.